The molecular weight excluding hydrogens is 132 g/mol. The maximum absolute atomic E-state index is 10.1. The maximum atomic E-state index is 10.1. The molecule has 0 unspecified atom stereocenters. The molecule has 0 bridgehead atoms. The van der Waals surface area contributed by atoms with Crippen LogP contribution in [0, 0.1) is 0 Å². The van der Waals surface area contributed by atoms with E-state index in [0.29, 0.717) is 6.54 Å². The number of nitrogens with one attached hydrogen (secondary N) is 1. The third kappa shape index (κ3) is 2.33. The normalized spacial score (nSPS) is 19.6. The molecule has 2 N–H and O–H groups in total. The van der Waals surface area contributed by atoms with Gasteiger partial charge in [-0.25, -0.2) is 0 Å². The van der Waals surface area contributed by atoms with Gasteiger partial charge in [-0.1, -0.05) is 0 Å². The summed E-state index contributed by atoms with van der Waals surface area (Å²) >= 11 is 0. The molecule has 1 heterocycles. The Bertz CT molecular complexity index is 121. The molecular formula is C6H12N2O2. The van der Waals surface area contributed by atoms with Crippen LogP contribution in [0.5, 0.6) is 0 Å². The summed E-state index contributed by atoms with van der Waals surface area (Å²) in [6.45, 7) is 3.47. The highest BCUT2D eigenvalue weighted by Gasteiger charge is 2.10. The van der Waals surface area contributed by atoms with E-state index in [4.69, 9.17) is 5.11 Å². The van der Waals surface area contributed by atoms with Crippen LogP contribution in [0.1, 0.15) is 6.42 Å². The lowest BCUT2D eigenvalue weighted by molar-refractivity contribution is -0.137. The summed E-state index contributed by atoms with van der Waals surface area (Å²) in [6.07, 6.45) is 0.252. The van der Waals surface area contributed by atoms with Crippen LogP contribution in [0.3, 0.4) is 0 Å². The Hall–Kier alpha value is -0.610. The zero-order valence-corrected chi connectivity index (χ0v) is 5.84. The van der Waals surface area contributed by atoms with E-state index in [9.17, 15) is 4.79 Å². The van der Waals surface area contributed by atoms with Crippen molar-refractivity contribution in [3.05, 3.63) is 0 Å². The van der Waals surface area contributed by atoms with Gasteiger partial charge in [0.1, 0.15) is 0 Å². The molecule has 0 aromatic heterocycles. The van der Waals surface area contributed by atoms with Gasteiger partial charge in [0.15, 0.2) is 0 Å². The molecule has 58 valence electrons. The minimum absolute atomic E-state index is 0.252. The molecule has 1 fully saturated rings. The fourth-order valence-electron chi connectivity index (χ4n) is 0.998. The Kier molecular flexibility index (Phi) is 2.65. The summed E-state index contributed by atoms with van der Waals surface area (Å²) < 4.78 is 0. The van der Waals surface area contributed by atoms with Crippen molar-refractivity contribution in [3.8, 4) is 0 Å². The second-order valence-electron chi connectivity index (χ2n) is 2.42. The van der Waals surface area contributed by atoms with Gasteiger partial charge < -0.3 is 10.4 Å². The lowest BCUT2D eigenvalue weighted by atomic mass is 10.4. The average molecular weight is 144 g/mol. The van der Waals surface area contributed by atoms with Gasteiger partial charge in [0.25, 0.3) is 0 Å². The number of aliphatic carboxylic acids is 1. The van der Waals surface area contributed by atoms with E-state index >= 15 is 0 Å². The minimum Gasteiger partial charge on any atom is -0.481 e. The van der Waals surface area contributed by atoms with Gasteiger partial charge in [0.2, 0.25) is 0 Å². The first-order valence-corrected chi connectivity index (χ1v) is 3.44. The molecule has 0 spiro atoms. The van der Waals surface area contributed by atoms with Crippen molar-refractivity contribution < 1.29 is 9.90 Å². The number of carbonyl (C=O) groups is 1. The SMILES string of the molecule is O=C(O)CCN1CCNC1. The zero-order chi connectivity index (χ0) is 7.40. The first-order valence-electron chi connectivity index (χ1n) is 3.44. The molecule has 0 aromatic carbocycles. The van der Waals surface area contributed by atoms with Crippen LogP contribution in [0.2, 0.25) is 0 Å². The van der Waals surface area contributed by atoms with E-state index in [1.54, 1.807) is 0 Å². The van der Waals surface area contributed by atoms with Crippen LogP contribution in [-0.2, 0) is 4.79 Å². The summed E-state index contributed by atoms with van der Waals surface area (Å²) in [4.78, 5) is 12.2. The minimum atomic E-state index is -0.716. The Labute approximate surface area is 59.8 Å². The molecule has 0 atom stereocenters. The summed E-state index contributed by atoms with van der Waals surface area (Å²) in [6, 6.07) is 0. The molecule has 0 amide bonds. The van der Waals surface area contributed by atoms with Crippen molar-refractivity contribution >= 4 is 5.97 Å². The van der Waals surface area contributed by atoms with E-state index in [0.717, 1.165) is 19.8 Å². The van der Waals surface area contributed by atoms with Crippen molar-refractivity contribution in [1.29, 1.82) is 0 Å². The van der Waals surface area contributed by atoms with Gasteiger partial charge >= 0.3 is 5.97 Å². The third-order valence-corrected chi connectivity index (χ3v) is 1.58. The van der Waals surface area contributed by atoms with Crippen LogP contribution in [0.4, 0.5) is 0 Å². The van der Waals surface area contributed by atoms with E-state index in [1.807, 2.05) is 0 Å². The molecule has 4 heteroatoms. The van der Waals surface area contributed by atoms with E-state index < -0.39 is 5.97 Å². The first-order chi connectivity index (χ1) is 4.79. The van der Waals surface area contributed by atoms with Crippen LogP contribution >= 0.6 is 0 Å². The fraction of sp³-hybridized carbons (Fsp3) is 0.833. The molecule has 1 rings (SSSR count). The quantitative estimate of drug-likeness (QED) is 0.551. The van der Waals surface area contributed by atoms with Gasteiger partial charge in [-0.3, -0.25) is 9.69 Å². The lowest BCUT2D eigenvalue weighted by Crippen LogP contribution is -2.24. The molecule has 4 nitrogen and oxygen atoms in total. The smallest absolute Gasteiger partial charge is 0.304 e. The molecule has 0 aromatic rings. The number of nitrogens with zero attached hydrogens (tertiary/aromatic N) is 1. The van der Waals surface area contributed by atoms with Gasteiger partial charge in [0.05, 0.1) is 6.42 Å². The second kappa shape index (κ2) is 3.53. The van der Waals surface area contributed by atoms with E-state index in [2.05, 4.69) is 10.2 Å². The number of hydrogen-bond acceptors (Lipinski definition) is 3. The Morgan fingerprint density at radius 3 is 3.00 bits per heavy atom. The summed E-state index contributed by atoms with van der Waals surface area (Å²) in [5.41, 5.74) is 0. The van der Waals surface area contributed by atoms with Crippen LogP contribution in [0.25, 0.3) is 0 Å². The highest BCUT2D eigenvalue weighted by molar-refractivity contribution is 5.66. The van der Waals surface area contributed by atoms with Gasteiger partial charge in [-0.2, -0.15) is 0 Å². The average Bonchev–Trinajstić information content (AvgIpc) is 2.34. The van der Waals surface area contributed by atoms with Crippen molar-refractivity contribution in [3.63, 3.8) is 0 Å². The Balaban J connectivity index is 2.07. The number of hydrogen-bond donors (Lipinski definition) is 2. The lowest BCUT2D eigenvalue weighted by Gasteiger charge is -2.10. The van der Waals surface area contributed by atoms with Gasteiger partial charge in [-0.15, -0.1) is 0 Å². The van der Waals surface area contributed by atoms with Crippen LogP contribution < -0.4 is 5.32 Å². The summed E-state index contributed by atoms with van der Waals surface area (Å²) in [7, 11) is 0. The van der Waals surface area contributed by atoms with Gasteiger partial charge in [-0.05, 0) is 0 Å². The molecule has 0 aliphatic carbocycles. The standard InChI is InChI=1S/C6H12N2O2/c9-6(10)1-3-8-4-2-7-5-8/h7H,1-5H2,(H,9,10). The summed E-state index contributed by atoms with van der Waals surface area (Å²) in [5.74, 6) is -0.716. The highest BCUT2D eigenvalue weighted by Crippen LogP contribution is 1.93. The molecule has 0 radical (unpaired) electrons. The largest absolute Gasteiger partial charge is 0.481 e. The van der Waals surface area contributed by atoms with Crippen molar-refractivity contribution in [2.75, 3.05) is 26.3 Å². The molecule has 1 aliphatic heterocycles. The van der Waals surface area contributed by atoms with Crippen molar-refractivity contribution in [2.45, 2.75) is 6.42 Å². The summed E-state index contributed by atoms with van der Waals surface area (Å²) in [5, 5.41) is 11.5. The Morgan fingerprint density at radius 2 is 2.50 bits per heavy atom. The zero-order valence-electron chi connectivity index (χ0n) is 5.84. The second-order valence-corrected chi connectivity index (χ2v) is 2.42. The molecule has 0 saturated carbocycles. The van der Waals surface area contributed by atoms with Gasteiger partial charge in [0, 0.05) is 26.3 Å². The predicted octanol–water partition coefficient (Wildman–Crippen LogP) is -0.676. The van der Waals surface area contributed by atoms with E-state index in [-0.39, 0.29) is 6.42 Å². The number of carboxylic acid groups (broad SMARTS) is 1. The molecule has 1 aliphatic rings. The topological polar surface area (TPSA) is 52.6 Å². The first kappa shape index (κ1) is 7.50. The van der Waals surface area contributed by atoms with E-state index in [1.165, 1.54) is 0 Å². The maximum Gasteiger partial charge on any atom is 0.304 e. The molecule has 10 heavy (non-hydrogen) atoms. The highest BCUT2D eigenvalue weighted by atomic mass is 16.4. The van der Waals surface area contributed by atoms with Crippen LogP contribution in [-0.4, -0.2) is 42.3 Å². The number of rotatable bonds is 3. The van der Waals surface area contributed by atoms with Crippen LogP contribution in [0.15, 0.2) is 0 Å². The monoisotopic (exact) mass is 144 g/mol. The molecule has 1 saturated heterocycles. The number of carboxylic acids is 1. The predicted molar refractivity (Wildman–Crippen MR) is 36.7 cm³/mol. The van der Waals surface area contributed by atoms with Crippen molar-refractivity contribution in [1.82, 2.24) is 10.2 Å². The van der Waals surface area contributed by atoms with Crippen molar-refractivity contribution in [2.24, 2.45) is 0 Å². The fourth-order valence-corrected chi connectivity index (χ4v) is 0.998. The third-order valence-electron chi connectivity index (χ3n) is 1.58. The Morgan fingerprint density at radius 1 is 1.70 bits per heavy atom.